The molecule has 102 valence electrons. The third-order valence-corrected chi connectivity index (χ3v) is 5.21. The van der Waals surface area contributed by atoms with Gasteiger partial charge in [-0.2, -0.15) is 0 Å². The zero-order chi connectivity index (χ0) is 13.3. The van der Waals surface area contributed by atoms with Gasteiger partial charge in [-0.3, -0.25) is 4.79 Å². The number of halogens is 1. The van der Waals surface area contributed by atoms with Gasteiger partial charge in [0, 0.05) is 22.6 Å². The van der Waals surface area contributed by atoms with Crippen LogP contribution in [-0.4, -0.2) is 18.0 Å². The number of hydrogen-bond acceptors (Lipinski definition) is 2. The quantitative estimate of drug-likeness (QED) is 0.756. The van der Waals surface area contributed by atoms with Gasteiger partial charge in [0.05, 0.1) is 5.60 Å². The molecule has 1 spiro atoms. The van der Waals surface area contributed by atoms with Crippen LogP contribution < -0.4 is 0 Å². The van der Waals surface area contributed by atoms with Crippen molar-refractivity contribution in [3.63, 3.8) is 0 Å². The van der Waals surface area contributed by atoms with Crippen molar-refractivity contribution < 1.29 is 9.53 Å². The highest BCUT2D eigenvalue weighted by Crippen LogP contribution is 2.43. The third-order valence-electron chi connectivity index (χ3n) is 4.52. The average Bonchev–Trinajstić information content (AvgIpc) is 2.86. The molecule has 0 bridgehead atoms. The number of ether oxygens (including phenoxy) is 1. The Hall–Kier alpha value is -0.670. The van der Waals surface area contributed by atoms with Gasteiger partial charge in [0.2, 0.25) is 0 Å². The largest absolute Gasteiger partial charge is 0.375 e. The lowest BCUT2D eigenvalue weighted by atomic mass is 9.81. The van der Waals surface area contributed by atoms with Crippen molar-refractivity contribution in [1.29, 1.82) is 0 Å². The van der Waals surface area contributed by atoms with Crippen molar-refractivity contribution in [2.75, 3.05) is 6.61 Å². The highest BCUT2D eigenvalue weighted by atomic mass is 79.9. The zero-order valence-corrected chi connectivity index (χ0v) is 12.6. The standard InChI is InChI=1S/C16H19BrO2/c17-14-6-2-1-5-13(14)15(18)12-7-10-19-16(11-12)8-3-4-9-16/h1-2,5-6,12H,3-4,7-11H2. The fraction of sp³-hybridized carbons (Fsp3) is 0.562. The molecule has 2 fully saturated rings. The van der Waals surface area contributed by atoms with Crippen molar-refractivity contribution in [2.45, 2.75) is 44.1 Å². The monoisotopic (exact) mass is 322 g/mol. The molecule has 2 aliphatic rings. The molecular weight excluding hydrogens is 304 g/mol. The van der Waals surface area contributed by atoms with Crippen LogP contribution in [0.5, 0.6) is 0 Å². The summed E-state index contributed by atoms with van der Waals surface area (Å²) in [6, 6.07) is 7.74. The Labute approximate surface area is 122 Å². The van der Waals surface area contributed by atoms with Crippen LogP contribution in [-0.2, 0) is 4.74 Å². The minimum absolute atomic E-state index is 0.0137. The normalized spacial score (nSPS) is 25.6. The van der Waals surface area contributed by atoms with E-state index in [0.29, 0.717) is 0 Å². The summed E-state index contributed by atoms with van der Waals surface area (Å²) in [6.45, 7) is 0.737. The summed E-state index contributed by atoms with van der Waals surface area (Å²) in [7, 11) is 0. The molecule has 1 atom stereocenters. The molecule has 2 nitrogen and oxygen atoms in total. The summed E-state index contributed by atoms with van der Waals surface area (Å²) in [5.74, 6) is 0.410. The summed E-state index contributed by atoms with van der Waals surface area (Å²) >= 11 is 3.49. The van der Waals surface area contributed by atoms with Crippen LogP contribution in [0.25, 0.3) is 0 Å². The maximum atomic E-state index is 12.7. The molecule has 19 heavy (non-hydrogen) atoms. The summed E-state index contributed by atoms with van der Waals surface area (Å²) in [5, 5.41) is 0. The first-order chi connectivity index (χ1) is 9.20. The van der Waals surface area contributed by atoms with Crippen LogP contribution in [0.15, 0.2) is 28.7 Å². The summed E-state index contributed by atoms with van der Waals surface area (Å²) in [6.07, 6.45) is 6.53. The van der Waals surface area contributed by atoms with Gasteiger partial charge in [-0.15, -0.1) is 0 Å². The molecule has 1 heterocycles. The lowest BCUT2D eigenvalue weighted by molar-refractivity contribution is -0.0866. The van der Waals surface area contributed by atoms with Crippen LogP contribution in [0.2, 0.25) is 0 Å². The van der Waals surface area contributed by atoms with Gasteiger partial charge in [0.15, 0.2) is 5.78 Å². The van der Waals surface area contributed by atoms with Crippen molar-refractivity contribution in [1.82, 2.24) is 0 Å². The first-order valence-corrected chi connectivity index (χ1v) is 7.92. The second-order valence-electron chi connectivity index (χ2n) is 5.77. The van der Waals surface area contributed by atoms with Gasteiger partial charge in [-0.1, -0.05) is 47.0 Å². The van der Waals surface area contributed by atoms with Gasteiger partial charge in [-0.25, -0.2) is 0 Å². The van der Waals surface area contributed by atoms with Crippen molar-refractivity contribution in [3.8, 4) is 0 Å². The summed E-state index contributed by atoms with van der Waals surface area (Å²) in [5.41, 5.74) is 0.836. The fourth-order valence-electron chi connectivity index (χ4n) is 3.50. The minimum Gasteiger partial charge on any atom is -0.375 e. The Morgan fingerprint density at radius 1 is 1.26 bits per heavy atom. The minimum atomic E-state index is 0.0137. The maximum absolute atomic E-state index is 12.7. The Balaban J connectivity index is 1.78. The molecular formula is C16H19BrO2. The van der Waals surface area contributed by atoms with E-state index in [0.717, 1.165) is 42.3 Å². The van der Waals surface area contributed by atoms with Crippen LogP contribution in [0.3, 0.4) is 0 Å². The predicted molar refractivity (Wildman–Crippen MR) is 78.3 cm³/mol. The number of carbonyl (C=O) groups is 1. The Morgan fingerprint density at radius 2 is 2.00 bits per heavy atom. The lowest BCUT2D eigenvalue weighted by Crippen LogP contribution is -2.39. The number of rotatable bonds is 2. The SMILES string of the molecule is O=C(c1ccccc1Br)C1CCOC2(CCCC2)C1. The Bertz CT molecular complexity index is 477. The Morgan fingerprint density at radius 3 is 2.74 bits per heavy atom. The summed E-state index contributed by atoms with van der Waals surface area (Å²) < 4.78 is 6.92. The fourth-order valence-corrected chi connectivity index (χ4v) is 3.98. The molecule has 1 aliphatic carbocycles. The summed E-state index contributed by atoms with van der Waals surface area (Å²) in [4.78, 5) is 12.7. The van der Waals surface area contributed by atoms with Gasteiger partial charge < -0.3 is 4.74 Å². The van der Waals surface area contributed by atoms with Gasteiger partial charge in [-0.05, 0) is 31.7 Å². The van der Waals surface area contributed by atoms with E-state index in [1.54, 1.807) is 0 Å². The lowest BCUT2D eigenvalue weighted by Gasteiger charge is -2.37. The maximum Gasteiger partial charge on any atom is 0.167 e. The van der Waals surface area contributed by atoms with Crippen LogP contribution in [0.4, 0.5) is 0 Å². The number of benzene rings is 1. The molecule has 0 radical (unpaired) electrons. The van der Waals surface area contributed by atoms with E-state index < -0.39 is 0 Å². The highest BCUT2D eigenvalue weighted by Gasteiger charge is 2.42. The average molecular weight is 323 g/mol. The second kappa shape index (κ2) is 5.37. The number of Topliss-reactive ketones (excluding diaryl/α,β-unsaturated/α-hetero) is 1. The molecule has 1 aromatic rings. The molecule has 0 aromatic heterocycles. The predicted octanol–water partition coefficient (Wildman–Crippen LogP) is 4.37. The second-order valence-corrected chi connectivity index (χ2v) is 6.63. The number of carbonyl (C=O) groups excluding carboxylic acids is 1. The van der Waals surface area contributed by atoms with E-state index in [2.05, 4.69) is 15.9 Å². The van der Waals surface area contributed by atoms with Gasteiger partial charge in [0.1, 0.15) is 0 Å². The number of ketones is 1. The molecule has 1 aliphatic heterocycles. The molecule has 3 rings (SSSR count). The van der Waals surface area contributed by atoms with Crippen LogP contribution in [0, 0.1) is 5.92 Å². The molecule has 1 saturated carbocycles. The molecule has 1 unspecified atom stereocenters. The zero-order valence-electron chi connectivity index (χ0n) is 11.0. The third kappa shape index (κ3) is 2.63. The molecule has 1 saturated heterocycles. The molecule has 0 N–H and O–H groups in total. The van der Waals surface area contributed by atoms with Gasteiger partial charge >= 0.3 is 0 Å². The molecule has 3 heteroatoms. The van der Waals surface area contributed by atoms with E-state index in [1.165, 1.54) is 12.8 Å². The van der Waals surface area contributed by atoms with Crippen molar-refractivity contribution in [2.24, 2.45) is 5.92 Å². The van der Waals surface area contributed by atoms with Gasteiger partial charge in [0.25, 0.3) is 0 Å². The molecule has 0 amide bonds. The topological polar surface area (TPSA) is 26.3 Å². The van der Waals surface area contributed by atoms with E-state index in [1.807, 2.05) is 24.3 Å². The van der Waals surface area contributed by atoms with Crippen LogP contribution in [0.1, 0.15) is 48.9 Å². The first-order valence-electron chi connectivity index (χ1n) is 7.13. The molecule has 1 aromatic carbocycles. The van der Waals surface area contributed by atoms with Crippen molar-refractivity contribution in [3.05, 3.63) is 34.3 Å². The van der Waals surface area contributed by atoms with E-state index >= 15 is 0 Å². The Kier molecular flexibility index (Phi) is 3.77. The van der Waals surface area contributed by atoms with Crippen molar-refractivity contribution >= 4 is 21.7 Å². The highest BCUT2D eigenvalue weighted by molar-refractivity contribution is 9.10. The van der Waals surface area contributed by atoms with E-state index in [4.69, 9.17) is 4.74 Å². The smallest absolute Gasteiger partial charge is 0.167 e. The van der Waals surface area contributed by atoms with Crippen LogP contribution >= 0.6 is 15.9 Å². The van der Waals surface area contributed by atoms with E-state index in [-0.39, 0.29) is 17.3 Å². The number of hydrogen-bond donors (Lipinski definition) is 0. The first kappa shape index (κ1) is 13.3. The van der Waals surface area contributed by atoms with E-state index in [9.17, 15) is 4.79 Å².